The zero-order chi connectivity index (χ0) is 13.5. The number of hydrogen-bond donors (Lipinski definition) is 1. The molecule has 3 rings (SSSR count). The first-order chi connectivity index (χ1) is 9.14. The van der Waals surface area contributed by atoms with E-state index in [9.17, 15) is 4.79 Å². The maximum Gasteiger partial charge on any atom is 0.317 e. The maximum absolute atomic E-state index is 11.9. The second-order valence-corrected chi connectivity index (χ2v) is 5.74. The molecule has 1 atom stereocenters. The van der Waals surface area contributed by atoms with Crippen LogP contribution in [0.5, 0.6) is 0 Å². The molecule has 6 nitrogen and oxygen atoms in total. The zero-order valence-electron chi connectivity index (χ0n) is 10.9. The van der Waals surface area contributed by atoms with Crippen molar-refractivity contribution in [1.82, 2.24) is 20.0 Å². The van der Waals surface area contributed by atoms with Crippen molar-refractivity contribution in [3.05, 3.63) is 16.4 Å². The first-order valence-electron chi connectivity index (χ1n) is 6.55. The lowest BCUT2D eigenvalue weighted by molar-refractivity contribution is -0.0701. The number of likely N-dealkylation sites (tertiary alicyclic amines) is 1. The van der Waals surface area contributed by atoms with Crippen LogP contribution in [0, 0.1) is 0 Å². The number of aromatic nitrogens is 2. The fraction of sp³-hybridized carbons (Fsp3) is 0.667. The summed E-state index contributed by atoms with van der Waals surface area (Å²) in [6, 6.07) is 1.99. The largest absolute Gasteiger partial charge is 0.365 e. The van der Waals surface area contributed by atoms with Crippen molar-refractivity contribution in [2.24, 2.45) is 0 Å². The standard InChI is InChI=1S/C12H17BrN4O2/c1-2-14-11(18)16-4-3-12(8-16)9-7-10(13)15-17(9)5-6-19-12/h7H,2-6,8H2,1H3,(H,14,18)/t12-/m1/s1. The first-order valence-corrected chi connectivity index (χ1v) is 7.34. The molecule has 104 valence electrons. The van der Waals surface area contributed by atoms with Crippen LogP contribution in [-0.4, -0.2) is 47.0 Å². The SMILES string of the molecule is CCNC(=O)N1CC[C@]2(C1)OCCn1nc(Br)cc12. The Morgan fingerprint density at radius 2 is 2.47 bits per heavy atom. The predicted octanol–water partition coefficient (Wildman–Crippen LogP) is 1.31. The minimum Gasteiger partial charge on any atom is -0.365 e. The number of carbonyl (C=O) groups is 1. The van der Waals surface area contributed by atoms with Crippen LogP contribution in [0.25, 0.3) is 0 Å². The number of nitrogens with one attached hydrogen (secondary N) is 1. The molecule has 0 unspecified atom stereocenters. The summed E-state index contributed by atoms with van der Waals surface area (Å²) in [7, 11) is 0. The van der Waals surface area contributed by atoms with Gasteiger partial charge in [0.2, 0.25) is 0 Å². The van der Waals surface area contributed by atoms with Gasteiger partial charge in [-0.15, -0.1) is 0 Å². The number of halogens is 1. The van der Waals surface area contributed by atoms with Crippen molar-refractivity contribution in [2.45, 2.75) is 25.5 Å². The molecule has 0 saturated carbocycles. The quantitative estimate of drug-likeness (QED) is 0.845. The van der Waals surface area contributed by atoms with Crippen LogP contribution < -0.4 is 5.32 Å². The van der Waals surface area contributed by atoms with Gasteiger partial charge >= 0.3 is 6.03 Å². The molecule has 0 bridgehead atoms. The van der Waals surface area contributed by atoms with Crippen LogP contribution in [0.2, 0.25) is 0 Å². The van der Waals surface area contributed by atoms with Crippen molar-refractivity contribution in [3.63, 3.8) is 0 Å². The van der Waals surface area contributed by atoms with E-state index >= 15 is 0 Å². The van der Waals surface area contributed by atoms with E-state index in [-0.39, 0.29) is 11.6 Å². The molecule has 2 amide bonds. The Balaban J connectivity index is 1.85. The Morgan fingerprint density at radius 1 is 1.63 bits per heavy atom. The molecule has 1 aromatic rings. The Kier molecular flexibility index (Phi) is 3.26. The zero-order valence-corrected chi connectivity index (χ0v) is 12.4. The lowest BCUT2D eigenvalue weighted by Crippen LogP contribution is -2.44. The summed E-state index contributed by atoms with van der Waals surface area (Å²) in [5.74, 6) is 0. The number of carbonyl (C=O) groups excluding carboxylic acids is 1. The van der Waals surface area contributed by atoms with E-state index in [0.29, 0.717) is 26.2 Å². The van der Waals surface area contributed by atoms with E-state index in [1.54, 1.807) is 0 Å². The number of urea groups is 1. The lowest BCUT2D eigenvalue weighted by Gasteiger charge is -2.34. The highest BCUT2D eigenvalue weighted by Gasteiger charge is 2.46. The van der Waals surface area contributed by atoms with Gasteiger partial charge in [0.1, 0.15) is 10.2 Å². The van der Waals surface area contributed by atoms with Gasteiger partial charge < -0.3 is 15.0 Å². The molecule has 19 heavy (non-hydrogen) atoms. The topological polar surface area (TPSA) is 59.4 Å². The smallest absolute Gasteiger partial charge is 0.317 e. The Labute approximate surface area is 120 Å². The molecule has 0 radical (unpaired) electrons. The summed E-state index contributed by atoms with van der Waals surface area (Å²) >= 11 is 3.41. The van der Waals surface area contributed by atoms with E-state index in [0.717, 1.165) is 23.3 Å². The van der Waals surface area contributed by atoms with Crippen LogP contribution in [0.15, 0.2) is 10.7 Å². The second-order valence-electron chi connectivity index (χ2n) is 4.93. The number of rotatable bonds is 1. The number of amides is 2. The lowest BCUT2D eigenvalue weighted by atomic mass is 9.97. The summed E-state index contributed by atoms with van der Waals surface area (Å²) in [6.07, 6.45) is 0.822. The minimum absolute atomic E-state index is 0.0151. The molecule has 0 aliphatic carbocycles. The maximum atomic E-state index is 11.9. The van der Waals surface area contributed by atoms with E-state index in [4.69, 9.17) is 4.74 Å². The monoisotopic (exact) mass is 328 g/mol. The highest BCUT2D eigenvalue weighted by molar-refractivity contribution is 9.10. The van der Waals surface area contributed by atoms with Crippen LogP contribution in [-0.2, 0) is 16.9 Å². The summed E-state index contributed by atoms with van der Waals surface area (Å²) in [5.41, 5.74) is 0.681. The van der Waals surface area contributed by atoms with Crippen molar-refractivity contribution < 1.29 is 9.53 Å². The number of nitrogens with zero attached hydrogens (tertiary/aromatic N) is 3. The van der Waals surface area contributed by atoms with Gasteiger partial charge in [0.05, 0.1) is 25.4 Å². The van der Waals surface area contributed by atoms with Crippen molar-refractivity contribution in [1.29, 1.82) is 0 Å². The average Bonchev–Trinajstić information content (AvgIpc) is 2.95. The van der Waals surface area contributed by atoms with Crippen LogP contribution >= 0.6 is 15.9 Å². The minimum atomic E-state index is -0.387. The highest BCUT2D eigenvalue weighted by Crippen LogP contribution is 2.39. The van der Waals surface area contributed by atoms with Crippen LogP contribution in [0.3, 0.4) is 0 Å². The molecule has 3 heterocycles. The number of fused-ring (bicyclic) bond motifs is 2. The Bertz CT molecular complexity index is 504. The molecule has 1 spiro atoms. The van der Waals surface area contributed by atoms with Gasteiger partial charge in [-0.05, 0) is 28.9 Å². The van der Waals surface area contributed by atoms with Crippen LogP contribution in [0.4, 0.5) is 4.79 Å². The summed E-state index contributed by atoms with van der Waals surface area (Å²) in [5, 5.41) is 7.25. The molecule has 1 aromatic heterocycles. The predicted molar refractivity (Wildman–Crippen MR) is 72.8 cm³/mol. The van der Waals surface area contributed by atoms with Crippen LogP contribution in [0.1, 0.15) is 19.0 Å². The van der Waals surface area contributed by atoms with Gasteiger partial charge in [0, 0.05) is 19.5 Å². The summed E-state index contributed by atoms with van der Waals surface area (Å²) in [6.45, 7) is 5.29. The fourth-order valence-electron chi connectivity index (χ4n) is 2.87. The third-order valence-corrected chi connectivity index (χ3v) is 4.13. The number of ether oxygens (including phenoxy) is 1. The van der Waals surface area contributed by atoms with Gasteiger partial charge in [0.25, 0.3) is 0 Å². The van der Waals surface area contributed by atoms with Gasteiger partial charge in [0.15, 0.2) is 0 Å². The third-order valence-electron chi connectivity index (χ3n) is 3.75. The van der Waals surface area contributed by atoms with E-state index < -0.39 is 0 Å². The van der Waals surface area contributed by atoms with Gasteiger partial charge in [-0.3, -0.25) is 4.68 Å². The Hall–Kier alpha value is -1.08. The summed E-state index contributed by atoms with van der Waals surface area (Å²) in [4.78, 5) is 13.7. The van der Waals surface area contributed by atoms with Crippen molar-refractivity contribution in [2.75, 3.05) is 26.2 Å². The van der Waals surface area contributed by atoms with E-state index in [1.165, 1.54) is 0 Å². The van der Waals surface area contributed by atoms with Crippen molar-refractivity contribution in [3.8, 4) is 0 Å². The van der Waals surface area contributed by atoms with Crippen molar-refractivity contribution >= 4 is 22.0 Å². The normalized spacial score (nSPS) is 25.7. The Morgan fingerprint density at radius 3 is 3.26 bits per heavy atom. The molecule has 2 aliphatic heterocycles. The van der Waals surface area contributed by atoms with Gasteiger partial charge in [-0.1, -0.05) is 0 Å². The summed E-state index contributed by atoms with van der Waals surface area (Å²) < 4.78 is 8.83. The van der Waals surface area contributed by atoms with Gasteiger partial charge in [-0.25, -0.2) is 4.79 Å². The fourth-order valence-corrected chi connectivity index (χ4v) is 3.28. The highest BCUT2D eigenvalue weighted by atomic mass is 79.9. The molecule has 1 N–H and O–H groups in total. The molecule has 2 aliphatic rings. The first kappa shape index (κ1) is 12.9. The molecule has 1 saturated heterocycles. The van der Waals surface area contributed by atoms with Gasteiger partial charge in [-0.2, -0.15) is 5.10 Å². The third kappa shape index (κ3) is 2.14. The second kappa shape index (κ2) is 4.79. The van der Waals surface area contributed by atoms with E-state index in [1.807, 2.05) is 22.6 Å². The molecule has 0 aromatic carbocycles. The average molecular weight is 329 g/mol. The molecular weight excluding hydrogens is 312 g/mol. The number of hydrogen-bond acceptors (Lipinski definition) is 3. The molecular formula is C12H17BrN4O2. The molecule has 1 fully saturated rings. The van der Waals surface area contributed by atoms with E-state index in [2.05, 4.69) is 26.3 Å². The molecule has 7 heteroatoms.